The lowest BCUT2D eigenvalue weighted by Crippen LogP contribution is -2.41. The molecule has 1 saturated carbocycles. The summed E-state index contributed by atoms with van der Waals surface area (Å²) < 4.78 is 11.6. The van der Waals surface area contributed by atoms with Gasteiger partial charge in [0, 0.05) is 37.1 Å². The van der Waals surface area contributed by atoms with Crippen molar-refractivity contribution in [2.24, 2.45) is 16.8 Å². The number of hydrogen-bond acceptors (Lipinski definition) is 4. The normalized spacial score (nSPS) is 24.2. The first-order valence-electron chi connectivity index (χ1n) is 10.7. The first-order chi connectivity index (χ1) is 13.7. The standard InChI is InChI=1S/C22H35N3O3.HI/c1-3-23-22(24-12-18-5-4-6-20(18)26)25-13-19-8-7-16(2)11-21(19)28-15-17-9-10-27-14-17;/h7-8,11,17-18,20,26H,3-6,9-10,12-15H2,1-2H3,(H2,23,24,25);1H. The Hall–Kier alpha value is -1.06. The van der Waals surface area contributed by atoms with E-state index in [1.165, 1.54) is 5.56 Å². The molecule has 1 aromatic carbocycles. The highest BCUT2D eigenvalue weighted by Gasteiger charge is 2.25. The lowest BCUT2D eigenvalue weighted by atomic mass is 10.1. The number of aryl methyl sites for hydroxylation is 1. The van der Waals surface area contributed by atoms with Crippen LogP contribution in [0.25, 0.3) is 0 Å². The fourth-order valence-corrected chi connectivity index (χ4v) is 3.84. The van der Waals surface area contributed by atoms with Gasteiger partial charge in [0.25, 0.3) is 0 Å². The molecule has 3 rings (SSSR count). The van der Waals surface area contributed by atoms with Crippen LogP contribution in [0.5, 0.6) is 5.75 Å². The van der Waals surface area contributed by atoms with Gasteiger partial charge in [-0.3, -0.25) is 0 Å². The number of halogens is 1. The van der Waals surface area contributed by atoms with Gasteiger partial charge >= 0.3 is 0 Å². The zero-order chi connectivity index (χ0) is 19.8. The molecule has 0 spiro atoms. The predicted molar refractivity (Wildman–Crippen MR) is 127 cm³/mol. The molecule has 1 aromatic rings. The molecule has 3 unspecified atom stereocenters. The van der Waals surface area contributed by atoms with Crippen molar-refractivity contribution >= 4 is 29.9 Å². The summed E-state index contributed by atoms with van der Waals surface area (Å²) in [7, 11) is 0. The molecule has 0 amide bonds. The van der Waals surface area contributed by atoms with E-state index in [4.69, 9.17) is 14.5 Å². The molecule has 3 atom stereocenters. The van der Waals surface area contributed by atoms with E-state index in [-0.39, 0.29) is 30.1 Å². The molecule has 0 aromatic heterocycles. The van der Waals surface area contributed by atoms with Crippen molar-refractivity contribution in [1.29, 1.82) is 0 Å². The number of hydrogen-bond donors (Lipinski definition) is 3. The predicted octanol–water partition coefficient (Wildman–Crippen LogP) is 3.24. The average Bonchev–Trinajstić information content (AvgIpc) is 3.35. The lowest BCUT2D eigenvalue weighted by molar-refractivity contribution is 0.134. The lowest BCUT2D eigenvalue weighted by Gasteiger charge is -2.18. The summed E-state index contributed by atoms with van der Waals surface area (Å²) in [5.41, 5.74) is 2.27. The minimum absolute atomic E-state index is 0. The molecule has 7 heteroatoms. The van der Waals surface area contributed by atoms with Gasteiger partial charge in [-0.25, -0.2) is 4.99 Å². The van der Waals surface area contributed by atoms with E-state index in [1.54, 1.807) is 0 Å². The number of aliphatic imine (C=N–C) groups is 1. The first kappa shape index (κ1) is 24.2. The molecule has 1 heterocycles. The van der Waals surface area contributed by atoms with Gasteiger partial charge in [0.15, 0.2) is 5.96 Å². The van der Waals surface area contributed by atoms with E-state index in [1.807, 2.05) is 0 Å². The fourth-order valence-electron chi connectivity index (χ4n) is 3.84. The molecule has 2 aliphatic rings. The molecule has 0 bridgehead atoms. The molecule has 164 valence electrons. The third-order valence-electron chi connectivity index (χ3n) is 5.62. The Labute approximate surface area is 191 Å². The van der Waals surface area contributed by atoms with Crippen LogP contribution in [0.4, 0.5) is 0 Å². The monoisotopic (exact) mass is 517 g/mol. The third-order valence-corrected chi connectivity index (χ3v) is 5.62. The second kappa shape index (κ2) is 12.6. The largest absolute Gasteiger partial charge is 0.493 e. The van der Waals surface area contributed by atoms with E-state index in [0.29, 0.717) is 25.0 Å². The molecule has 1 aliphatic heterocycles. The van der Waals surface area contributed by atoms with Gasteiger partial charge in [0.1, 0.15) is 5.75 Å². The molecule has 1 saturated heterocycles. The molecular weight excluding hydrogens is 481 g/mol. The topological polar surface area (TPSA) is 75.1 Å². The van der Waals surface area contributed by atoms with E-state index < -0.39 is 0 Å². The van der Waals surface area contributed by atoms with Crippen molar-refractivity contribution in [3.63, 3.8) is 0 Å². The second-order valence-corrected chi connectivity index (χ2v) is 7.99. The highest BCUT2D eigenvalue weighted by molar-refractivity contribution is 14.0. The van der Waals surface area contributed by atoms with Crippen LogP contribution in [0.2, 0.25) is 0 Å². The first-order valence-corrected chi connectivity index (χ1v) is 10.7. The Bertz CT molecular complexity index is 650. The van der Waals surface area contributed by atoms with Crippen LogP contribution in [0.3, 0.4) is 0 Å². The second-order valence-electron chi connectivity index (χ2n) is 7.99. The van der Waals surface area contributed by atoms with Gasteiger partial charge in [-0.05, 0) is 44.7 Å². The summed E-state index contributed by atoms with van der Waals surface area (Å²) in [5.74, 6) is 2.50. The number of aliphatic hydroxyl groups is 1. The SMILES string of the molecule is CCNC(=NCc1ccc(C)cc1OCC1CCOC1)NCC1CCCC1O.I. The quantitative estimate of drug-likeness (QED) is 0.281. The van der Waals surface area contributed by atoms with Crippen molar-refractivity contribution in [3.8, 4) is 5.75 Å². The van der Waals surface area contributed by atoms with Crippen LogP contribution in [0.1, 0.15) is 43.7 Å². The Morgan fingerprint density at radius 3 is 2.83 bits per heavy atom. The van der Waals surface area contributed by atoms with Crippen LogP contribution in [-0.4, -0.2) is 50.1 Å². The number of benzene rings is 1. The Kier molecular flexibility index (Phi) is 10.5. The van der Waals surface area contributed by atoms with Gasteiger partial charge in [-0.1, -0.05) is 18.6 Å². The summed E-state index contributed by atoms with van der Waals surface area (Å²) in [6.07, 6.45) is 3.98. The third kappa shape index (κ3) is 7.61. The number of guanidine groups is 1. The molecular formula is C22H36IN3O3. The van der Waals surface area contributed by atoms with Crippen LogP contribution >= 0.6 is 24.0 Å². The maximum Gasteiger partial charge on any atom is 0.191 e. The summed E-state index contributed by atoms with van der Waals surface area (Å²) in [4.78, 5) is 4.75. The highest BCUT2D eigenvalue weighted by atomic mass is 127. The Morgan fingerprint density at radius 1 is 1.28 bits per heavy atom. The molecule has 1 aliphatic carbocycles. The zero-order valence-corrected chi connectivity index (χ0v) is 20.0. The summed E-state index contributed by atoms with van der Waals surface area (Å²) in [6.45, 7) is 8.58. The van der Waals surface area contributed by atoms with Crippen LogP contribution in [0, 0.1) is 18.8 Å². The maximum absolute atomic E-state index is 10.0. The summed E-state index contributed by atoms with van der Waals surface area (Å²) in [6, 6.07) is 6.30. The van der Waals surface area contributed by atoms with Gasteiger partial charge in [-0.15, -0.1) is 24.0 Å². The van der Waals surface area contributed by atoms with Gasteiger partial charge < -0.3 is 25.2 Å². The Morgan fingerprint density at radius 2 is 2.14 bits per heavy atom. The number of ether oxygens (including phenoxy) is 2. The van der Waals surface area contributed by atoms with Gasteiger partial charge in [0.2, 0.25) is 0 Å². The molecule has 3 N–H and O–H groups in total. The van der Waals surface area contributed by atoms with Crippen LogP contribution in [0.15, 0.2) is 23.2 Å². The average molecular weight is 517 g/mol. The fraction of sp³-hybridized carbons (Fsp3) is 0.682. The summed E-state index contributed by atoms with van der Waals surface area (Å²) >= 11 is 0. The van der Waals surface area contributed by atoms with Crippen molar-refractivity contribution < 1.29 is 14.6 Å². The zero-order valence-electron chi connectivity index (χ0n) is 17.7. The van der Waals surface area contributed by atoms with Gasteiger partial charge in [0.05, 0.1) is 25.9 Å². The van der Waals surface area contributed by atoms with Crippen molar-refractivity contribution in [2.75, 3.05) is 32.9 Å². The number of nitrogens with one attached hydrogen (secondary N) is 2. The number of rotatable bonds is 8. The van der Waals surface area contributed by atoms with E-state index in [0.717, 1.165) is 69.3 Å². The highest BCUT2D eigenvalue weighted by Crippen LogP contribution is 2.25. The van der Waals surface area contributed by atoms with Crippen molar-refractivity contribution in [2.45, 2.75) is 52.2 Å². The number of aliphatic hydroxyl groups excluding tert-OH is 1. The van der Waals surface area contributed by atoms with E-state index in [9.17, 15) is 5.11 Å². The minimum atomic E-state index is -0.188. The van der Waals surface area contributed by atoms with E-state index in [2.05, 4.69) is 42.7 Å². The van der Waals surface area contributed by atoms with Crippen LogP contribution < -0.4 is 15.4 Å². The molecule has 29 heavy (non-hydrogen) atoms. The Balaban J connectivity index is 0.00000300. The van der Waals surface area contributed by atoms with Gasteiger partial charge in [-0.2, -0.15) is 0 Å². The molecule has 2 fully saturated rings. The summed E-state index contributed by atoms with van der Waals surface area (Å²) in [5, 5.41) is 16.7. The maximum atomic E-state index is 10.0. The van der Waals surface area contributed by atoms with Crippen LogP contribution in [-0.2, 0) is 11.3 Å². The number of nitrogens with zero attached hydrogens (tertiary/aromatic N) is 1. The molecule has 6 nitrogen and oxygen atoms in total. The van der Waals surface area contributed by atoms with Crippen molar-refractivity contribution in [1.82, 2.24) is 10.6 Å². The van der Waals surface area contributed by atoms with Crippen molar-refractivity contribution in [3.05, 3.63) is 29.3 Å². The van der Waals surface area contributed by atoms with E-state index >= 15 is 0 Å². The molecule has 0 radical (unpaired) electrons. The minimum Gasteiger partial charge on any atom is -0.493 e. The smallest absolute Gasteiger partial charge is 0.191 e.